The van der Waals surface area contributed by atoms with E-state index in [-0.39, 0.29) is 11.8 Å². The number of aryl methyl sites for hydroxylation is 2. The highest BCUT2D eigenvalue weighted by Gasteiger charge is 2.13. The summed E-state index contributed by atoms with van der Waals surface area (Å²) in [6.07, 6.45) is 1.46. The van der Waals surface area contributed by atoms with Gasteiger partial charge in [-0.1, -0.05) is 0 Å². The van der Waals surface area contributed by atoms with Gasteiger partial charge in [0.05, 0.1) is 11.6 Å². The number of alkyl halides is 1. The maximum atomic E-state index is 13.8. The van der Waals surface area contributed by atoms with Crippen molar-refractivity contribution in [3.05, 3.63) is 35.4 Å². The van der Waals surface area contributed by atoms with Gasteiger partial charge >= 0.3 is 0 Å². The smallest absolute Gasteiger partial charge is 0.257 e. The topological polar surface area (TPSA) is 39.9 Å². The summed E-state index contributed by atoms with van der Waals surface area (Å²) < 4.78 is 20.7. The molecule has 0 radical (unpaired) electrons. The van der Waals surface area contributed by atoms with E-state index in [1.54, 1.807) is 13.1 Å². The van der Waals surface area contributed by atoms with Gasteiger partial charge in [-0.05, 0) is 13.0 Å². The molecule has 0 unspecified atom stereocenters. The first-order valence-electron chi connectivity index (χ1n) is 4.99. The van der Waals surface area contributed by atoms with E-state index in [1.807, 2.05) is 6.92 Å². The van der Waals surface area contributed by atoms with Crippen molar-refractivity contribution >= 4 is 11.6 Å². The minimum absolute atomic E-state index is 0.0785. The molecule has 0 bridgehead atoms. The lowest BCUT2D eigenvalue weighted by Gasteiger charge is -2.06. The number of halogens is 2. The number of ether oxygens (including phenoxy) is 1. The first kappa shape index (κ1) is 11.9. The third kappa shape index (κ3) is 2.39. The third-order valence-corrected chi connectivity index (χ3v) is 2.53. The molecule has 2 rings (SSSR count). The number of rotatable bonds is 3. The van der Waals surface area contributed by atoms with Crippen molar-refractivity contribution < 1.29 is 9.13 Å². The van der Waals surface area contributed by atoms with Crippen LogP contribution in [0.15, 0.2) is 18.3 Å². The van der Waals surface area contributed by atoms with Crippen LogP contribution in [0.1, 0.15) is 11.3 Å². The van der Waals surface area contributed by atoms with E-state index in [0.29, 0.717) is 11.4 Å². The zero-order valence-corrected chi connectivity index (χ0v) is 10.2. The highest BCUT2D eigenvalue weighted by Crippen LogP contribution is 2.24. The summed E-state index contributed by atoms with van der Waals surface area (Å²) in [6.45, 7) is 1.83. The maximum absolute atomic E-state index is 13.8. The van der Waals surface area contributed by atoms with Gasteiger partial charge in [0.25, 0.3) is 5.88 Å². The van der Waals surface area contributed by atoms with Gasteiger partial charge in [0.1, 0.15) is 0 Å². The van der Waals surface area contributed by atoms with Crippen LogP contribution in [0.2, 0.25) is 0 Å². The van der Waals surface area contributed by atoms with E-state index < -0.39 is 5.82 Å². The van der Waals surface area contributed by atoms with E-state index in [1.165, 1.54) is 16.9 Å². The Labute approximate surface area is 103 Å². The van der Waals surface area contributed by atoms with Gasteiger partial charge in [-0.25, -0.2) is 14.1 Å². The van der Waals surface area contributed by atoms with Crippen LogP contribution in [0.3, 0.4) is 0 Å². The largest absolute Gasteiger partial charge is 0.418 e. The van der Waals surface area contributed by atoms with Crippen LogP contribution < -0.4 is 4.74 Å². The first-order chi connectivity index (χ1) is 8.11. The molecule has 0 atom stereocenters. The number of pyridine rings is 1. The highest BCUT2D eigenvalue weighted by molar-refractivity contribution is 6.17. The molecule has 90 valence electrons. The fourth-order valence-electron chi connectivity index (χ4n) is 1.42. The number of nitrogens with zero attached hydrogens (tertiary/aromatic N) is 3. The fourth-order valence-corrected chi connectivity index (χ4v) is 1.62. The third-order valence-electron chi connectivity index (χ3n) is 2.24. The molecule has 6 heteroatoms. The molecular formula is C11H11ClFN3O. The Morgan fingerprint density at radius 3 is 2.88 bits per heavy atom. The summed E-state index contributed by atoms with van der Waals surface area (Å²) in [5.74, 6) is -0.122. The van der Waals surface area contributed by atoms with Crippen LogP contribution in [0.25, 0.3) is 0 Å². The molecular weight excluding hydrogens is 245 g/mol. The summed E-state index contributed by atoms with van der Waals surface area (Å²) >= 11 is 5.60. The van der Waals surface area contributed by atoms with Gasteiger partial charge in [-0.3, -0.25) is 0 Å². The summed E-state index contributed by atoms with van der Waals surface area (Å²) in [4.78, 5) is 3.84. The quantitative estimate of drug-likeness (QED) is 0.792. The normalized spacial score (nSPS) is 10.6. The van der Waals surface area contributed by atoms with Crippen molar-refractivity contribution in [3.8, 4) is 11.8 Å². The summed E-state index contributed by atoms with van der Waals surface area (Å²) in [6, 6.07) is 3.22. The van der Waals surface area contributed by atoms with Crippen LogP contribution in [0, 0.1) is 12.7 Å². The van der Waals surface area contributed by atoms with Crippen molar-refractivity contribution in [2.24, 2.45) is 7.05 Å². The number of aromatic nitrogens is 3. The van der Waals surface area contributed by atoms with Gasteiger partial charge in [0, 0.05) is 24.9 Å². The van der Waals surface area contributed by atoms with Crippen LogP contribution in [0.5, 0.6) is 11.8 Å². The molecule has 2 heterocycles. The Kier molecular flexibility index (Phi) is 3.28. The Hall–Kier alpha value is -1.62. The second-order valence-corrected chi connectivity index (χ2v) is 3.84. The van der Waals surface area contributed by atoms with E-state index in [4.69, 9.17) is 16.3 Å². The molecule has 0 spiro atoms. The van der Waals surface area contributed by atoms with E-state index >= 15 is 0 Å². The molecule has 0 amide bonds. The minimum atomic E-state index is -0.540. The molecule has 0 fully saturated rings. The lowest BCUT2D eigenvalue weighted by Crippen LogP contribution is -1.99. The molecule has 17 heavy (non-hydrogen) atoms. The molecule has 0 saturated carbocycles. The Morgan fingerprint density at radius 2 is 2.29 bits per heavy atom. The van der Waals surface area contributed by atoms with Crippen LogP contribution >= 0.6 is 11.6 Å². The Morgan fingerprint density at radius 1 is 1.53 bits per heavy atom. The summed E-state index contributed by atoms with van der Waals surface area (Å²) in [5.41, 5.74) is 1.15. The zero-order chi connectivity index (χ0) is 12.4. The predicted octanol–water partition coefficient (Wildman–Crippen LogP) is 2.79. The van der Waals surface area contributed by atoms with E-state index in [9.17, 15) is 4.39 Å². The van der Waals surface area contributed by atoms with Crippen molar-refractivity contribution in [2.75, 3.05) is 0 Å². The van der Waals surface area contributed by atoms with Gasteiger partial charge < -0.3 is 4.74 Å². The average molecular weight is 256 g/mol. The van der Waals surface area contributed by atoms with Crippen molar-refractivity contribution in [3.63, 3.8) is 0 Å². The lowest BCUT2D eigenvalue weighted by molar-refractivity contribution is 0.385. The van der Waals surface area contributed by atoms with E-state index in [2.05, 4.69) is 10.1 Å². The van der Waals surface area contributed by atoms with Gasteiger partial charge in [0.15, 0.2) is 5.82 Å². The summed E-state index contributed by atoms with van der Waals surface area (Å²) in [7, 11) is 1.71. The van der Waals surface area contributed by atoms with E-state index in [0.717, 1.165) is 5.69 Å². The molecule has 0 aromatic carbocycles. The second-order valence-electron chi connectivity index (χ2n) is 3.57. The van der Waals surface area contributed by atoms with Gasteiger partial charge in [-0.2, -0.15) is 5.10 Å². The standard InChI is InChI=1S/C11H11ClFN3O/c1-7-5-9(16(2)15-7)17-11-10(13)8(6-12)3-4-14-11/h3-5H,6H2,1-2H3. The van der Waals surface area contributed by atoms with Crippen LogP contribution in [-0.2, 0) is 12.9 Å². The highest BCUT2D eigenvalue weighted by atomic mass is 35.5. The molecule has 4 nitrogen and oxygen atoms in total. The Bertz CT molecular complexity index is 542. The average Bonchev–Trinajstić information content (AvgIpc) is 2.60. The summed E-state index contributed by atoms with van der Waals surface area (Å²) in [5, 5.41) is 4.09. The van der Waals surface area contributed by atoms with Gasteiger partial charge in [0.2, 0.25) is 5.88 Å². The van der Waals surface area contributed by atoms with Crippen molar-refractivity contribution in [1.82, 2.24) is 14.8 Å². The SMILES string of the molecule is Cc1cc(Oc2nccc(CCl)c2F)n(C)n1. The van der Waals surface area contributed by atoms with Crippen LogP contribution in [0.4, 0.5) is 4.39 Å². The number of hydrogen-bond acceptors (Lipinski definition) is 3. The molecule has 0 saturated heterocycles. The maximum Gasteiger partial charge on any atom is 0.257 e. The van der Waals surface area contributed by atoms with Crippen LogP contribution in [-0.4, -0.2) is 14.8 Å². The fraction of sp³-hybridized carbons (Fsp3) is 0.273. The van der Waals surface area contributed by atoms with Gasteiger partial charge in [-0.15, -0.1) is 11.6 Å². The molecule has 2 aromatic rings. The monoisotopic (exact) mass is 255 g/mol. The zero-order valence-electron chi connectivity index (χ0n) is 9.44. The molecule has 2 aromatic heterocycles. The molecule has 0 aliphatic rings. The minimum Gasteiger partial charge on any atom is -0.418 e. The molecule has 0 N–H and O–H groups in total. The predicted molar refractivity (Wildman–Crippen MR) is 61.8 cm³/mol. The first-order valence-corrected chi connectivity index (χ1v) is 5.53. The lowest BCUT2D eigenvalue weighted by atomic mass is 10.3. The Balaban J connectivity index is 2.33. The number of hydrogen-bond donors (Lipinski definition) is 0. The second kappa shape index (κ2) is 4.71. The van der Waals surface area contributed by atoms with Crippen molar-refractivity contribution in [1.29, 1.82) is 0 Å². The molecule has 0 aliphatic heterocycles. The van der Waals surface area contributed by atoms with Crippen molar-refractivity contribution in [2.45, 2.75) is 12.8 Å². The molecule has 0 aliphatic carbocycles.